The Morgan fingerprint density at radius 3 is 2.75 bits per heavy atom. The minimum absolute atomic E-state index is 0.0318. The number of nitrogen functional groups attached to an aromatic ring is 1. The van der Waals surface area contributed by atoms with Gasteiger partial charge in [0.25, 0.3) is 0 Å². The van der Waals surface area contributed by atoms with Crippen LogP contribution >= 0.6 is 0 Å². The van der Waals surface area contributed by atoms with Crippen molar-refractivity contribution in [1.82, 2.24) is 0 Å². The molecule has 0 aromatic carbocycles. The van der Waals surface area contributed by atoms with Crippen LogP contribution in [0, 0.1) is 0 Å². The molecular weight excluding hydrogens is 160 g/mol. The van der Waals surface area contributed by atoms with Gasteiger partial charge in [0.15, 0.2) is 17.8 Å². The van der Waals surface area contributed by atoms with Crippen LogP contribution in [0.2, 0.25) is 0 Å². The van der Waals surface area contributed by atoms with E-state index >= 15 is 0 Å². The molecule has 0 fully saturated rings. The van der Waals surface area contributed by atoms with Crippen molar-refractivity contribution in [3.05, 3.63) is 17.6 Å². The minimum atomic E-state index is -0.416. The number of hydrogen-bond acceptors (Lipinski definition) is 5. The Morgan fingerprint density at radius 2 is 2.33 bits per heavy atom. The fourth-order valence-electron chi connectivity index (χ4n) is 0.794. The summed E-state index contributed by atoms with van der Waals surface area (Å²) in [6.07, 6.45) is 0.476. The Hall–Kier alpha value is -1.62. The highest BCUT2D eigenvalue weighted by molar-refractivity contribution is 6.00. The second-order valence-corrected chi connectivity index (χ2v) is 2.18. The molecule has 5 nitrogen and oxygen atoms in total. The molecule has 0 amide bonds. The Bertz CT molecular complexity index is 316. The molecule has 0 saturated heterocycles. The van der Waals surface area contributed by atoms with Gasteiger partial charge in [-0.3, -0.25) is 9.59 Å². The van der Waals surface area contributed by atoms with Crippen LogP contribution in [0.15, 0.2) is 10.5 Å². The number of furan rings is 1. The lowest BCUT2D eigenvalue weighted by atomic mass is 10.3. The molecule has 0 aliphatic rings. The van der Waals surface area contributed by atoms with E-state index in [-0.39, 0.29) is 23.8 Å². The number of nitrogens with two attached hydrogens (primary N) is 2. The molecule has 0 aliphatic heterocycles. The fraction of sp³-hybridized carbons (Fsp3) is 0.143. The summed E-state index contributed by atoms with van der Waals surface area (Å²) in [5, 5.41) is 0. The van der Waals surface area contributed by atoms with E-state index in [9.17, 15) is 9.59 Å². The van der Waals surface area contributed by atoms with Crippen molar-refractivity contribution in [3.63, 3.8) is 0 Å². The molecular formula is C7H8N2O3. The van der Waals surface area contributed by atoms with E-state index in [0.29, 0.717) is 6.29 Å². The number of carbonyl (C=O) groups excluding carboxylic acids is 2. The first-order chi connectivity index (χ1) is 5.69. The van der Waals surface area contributed by atoms with Gasteiger partial charge >= 0.3 is 0 Å². The summed E-state index contributed by atoms with van der Waals surface area (Å²) in [7, 11) is 0. The van der Waals surface area contributed by atoms with Gasteiger partial charge in [0, 0.05) is 6.07 Å². The van der Waals surface area contributed by atoms with Crippen molar-refractivity contribution in [2.75, 3.05) is 12.3 Å². The highest BCUT2D eigenvalue weighted by atomic mass is 16.4. The Morgan fingerprint density at radius 1 is 1.67 bits per heavy atom. The molecule has 0 unspecified atom stereocenters. The zero-order valence-corrected chi connectivity index (χ0v) is 6.24. The van der Waals surface area contributed by atoms with Gasteiger partial charge in [-0.2, -0.15) is 0 Å². The summed E-state index contributed by atoms with van der Waals surface area (Å²) in [6.45, 7) is -0.185. The first kappa shape index (κ1) is 8.48. The van der Waals surface area contributed by atoms with E-state index in [2.05, 4.69) is 0 Å². The third-order valence-corrected chi connectivity index (χ3v) is 1.33. The summed E-state index contributed by atoms with van der Waals surface area (Å²) < 4.78 is 4.79. The van der Waals surface area contributed by atoms with Crippen LogP contribution in [0.5, 0.6) is 0 Å². The predicted octanol–water partition coefficient (Wildman–Crippen LogP) is -0.184. The lowest BCUT2D eigenvalue weighted by molar-refractivity contribution is 0.0972. The molecule has 0 bridgehead atoms. The monoisotopic (exact) mass is 168 g/mol. The number of aldehydes is 1. The fourth-order valence-corrected chi connectivity index (χ4v) is 0.794. The third kappa shape index (κ3) is 1.35. The molecule has 0 aliphatic carbocycles. The van der Waals surface area contributed by atoms with E-state index in [4.69, 9.17) is 15.9 Å². The Kier molecular flexibility index (Phi) is 2.25. The lowest BCUT2D eigenvalue weighted by Crippen LogP contribution is -2.13. The van der Waals surface area contributed by atoms with Crippen LogP contribution < -0.4 is 11.5 Å². The van der Waals surface area contributed by atoms with Gasteiger partial charge in [0.2, 0.25) is 5.78 Å². The zero-order chi connectivity index (χ0) is 9.14. The third-order valence-electron chi connectivity index (χ3n) is 1.33. The van der Waals surface area contributed by atoms with Gasteiger partial charge in [-0.1, -0.05) is 0 Å². The first-order valence-corrected chi connectivity index (χ1v) is 3.26. The molecule has 1 heterocycles. The van der Waals surface area contributed by atoms with Crippen molar-refractivity contribution >= 4 is 17.8 Å². The van der Waals surface area contributed by atoms with Crippen molar-refractivity contribution < 1.29 is 14.0 Å². The van der Waals surface area contributed by atoms with Gasteiger partial charge in [-0.15, -0.1) is 0 Å². The normalized spacial score (nSPS) is 9.75. The van der Waals surface area contributed by atoms with Crippen molar-refractivity contribution in [3.8, 4) is 0 Å². The van der Waals surface area contributed by atoms with E-state index in [0.717, 1.165) is 0 Å². The molecule has 1 aromatic heterocycles. The van der Waals surface area contributed by atoms with E-state index in [1.165, 1.54) is 6.07 Å². The second-order valence-electron chi connectivity index (χ2n) is 2.18. The number of rotatable bonds is 3. The van der Waals surface area contributed by atoms with Crippen LogP contribution in [0.1, 0.15) is 21.1 Å². The average molecular weight is 168 g/mol. The maximum absolute atomic E-state index is 10.9. The standard InChI is InChI=1S/C7H8N2O3/c8-2-6(11)7-5(9)1-4(3-10)12-7/h1,3H,2,8-9H2. The molecule has 1 aromatic rings. The van der Waals surface area contributed by atoms with Gasteiger partial charge < -0.3 is 15.9 Å². The number of carbonyl (C=O) groups is 2. The first-order valence-electron chi connectivity index (χ1n) is 3.26. The summed E-state index contributed by atoms with van der Waals surface area (Å²) in [6, 6.07) is 1.29. The van der Waals surface area contributed by atoms with Crippen LogP contribution in [-0.4, -0.2) is 18.6 Å². The molecule has 0 spiro atoms. The highest BCUT2D eigenvalue weighted by Gasteiger charge is 2.14. The highest BCUT2D eigenvalue weighted by Crippen LogP contribution is 2.16. The second kappa shape index (κ2) is 3.19. The summed E-state index contributed by atoms with van der Waals surface area (Å²) in [4.78, 5) is 21.1. The topological polar surface area (TPSA) is 99.3 Å². The average Bonchev–Trinajstić information content (AvgIpc) is 2.45. The molecule has 12 heavy (non-hydrogen) atoms. The van der Waals surface area contributed by atoms with Crippen LogP contribution in [0.4, 0.5) is 5.69 Å². The number of hydrogen-bond donors (Lipinski definition) is 2. The Balaban J connectivity index is 3.07. The number of anilines is 1. The zero-order valence-electron chi connectivity index (χ0n) is 6.24. The predicted molar refractivity (Wildman–Crippen MR) is 41.9 cm³/mol. The molecule has 5 heteroatoms. The number of ketones is 1. The van der Waals surface area contributed by atoms with Crippen LogP contribution in [0.25, 0.3) is 0 Å². The van der Waals surface area contributed by atoms with E-state index in [1.807, 2.05) is 0 Å². The molecule has 0 atom stereocenters. The van der Waals surface area contributed by atoms with Gasteiger partial charge in [-0.05, 0) is 0 Å². The summed E-state index contributed by atoms with van der Waals surface area (Å²) >= 11 is 0. The summed E-state index contributed by atoms with van der Waals surface area (Å²) in [5.41, 5.74) is 10.6. The molecule has 0 radical (unpaired) electrons. The molecule has 64 valence electrons. The largest absolute Gasteiger partial charge is 0.448 e. The van der Waals surface area contributed by atoms with Crippen molar-refractivity contribution in [2.45, 2.75) is 0 Å². The van der Waals surface area contributed by atoms with Crippen LogP contribution in [-0.2, 0) is 0 Å². The van der Waals surface area contributed by atoms with Crippen molar-refractivity contribution in [2.24, 2.45) is 5.73 Å². The van der Waals surface area contributed by atoms with Gasteiger partial charge in [0.1, 0.15) is 0 Å². The molecule has 4 N–H and O–H groups in total. The van der Waals surface area contributed by atoms with E-state index < -0.39 is 5.78 Å². The molecule has 1 rings (SSSR count). The van der Waals surface area contributed by atoms with E-state index in [1.54, 1.807) is 0 Å². The maximum atomic E-state index is 10.9. The van der Waals surface area contributed by atoms with Crippen molar-refractivity contribution in [1.29, 1.82) is 0 Å². The maximum Gasteiger partial charge on any atom is 0.213 e. The van der Waals surface area contributed by atoms with Gasteiger partial charge in [-0.25, -0.2) is 0 Å². The smallest absolute Gasteiger partial charge is 0.213 e. The lowest BCUT2D eigenvalue weighted by Gasteiger charge is -1.91. The van der Waals surface area contributed by atoms with Gasteiger partial charge in [0.05, 0.1) is 12.2 Å². The number of Topliss-reactive ketones (excluding diaryl/α,β-unsaturated/α-hetero) is 1. The summed E-state index contributed by atoms with van der Waals surface area (Å²) in [5.74, 6) is -0.426. The molecule has 0 saturated carbocycles. The Labute approximate surface area is 68.3 Å². The van der Waals surface area contributed by atoms with Crippen LogP contribution in [0.3, 0.4) is 0 Å². The quantitative estimate of drug-likeness (QED) is 0.481. The SMILES string of the molecule is NCC(=O)c1oc(C=O)cc1N. The minimum Gasteiger partial charge on any atom is -0.448 e.